The first-order valence-electron chi connectivity index (χ1n) is 6.56. The summed E-state index contributed by atoms with van der Waals surface area (Å²) < 4.78 is 49.8. The van der Waals surface area contributed by atoms with Crippen LogP contribution in [-0.4, -0.2) is 21.9 Å². The third kappa shape index (κ3) is 5.49. The Bertz CT molecular complexity index is 517. The molecule has 1 rings (SSSR count). The molecule has 0 spiro atoms. The Kier molecular flexibility index (Phi) is 6.39. The van der Waals surface area contributed by atoms with Crippen molar-refractivity contribution >= 4 is 16.7 Å². The molecule has 0 saturated carbocycles. The minimum Gasteiger partial charge on any atom is -0.355 e. The van der Waals surface area contributed by atoms with E-state index < -0.39 is 27.8 Å². The van der Waals surface area contributed by atoms with Crippen LogP contribution in [0.3, 0.4) is 0 Å². The van der Waals surface area contributed by atoms with Crippen LogP contribution >= 0.6 is 0 Å². The van der Waals surface area contributed by atoms with Crippen molar-refractivity contribution in [3.05, 3.63) is 35.4 Å². The molecular formula is C14H18F3NO2S. The summed E-state index contributed by atoms with van der Waals surface area (Å²) in [5, 5.41) is 1.86. The Morgan fingerprint density at radius 3 is 2.62 bits per heavy atom. The second-order valence-electron chi connectivity index (χ2n) is 4.66. The summed E-state index contributed by atoms with van der Waals surface area (Å²) in [4.78, 5) is 11.7. The predicted octanol–water partition coefficient (Wildman–Crippen LogP) is 2.87. The summed E-state index contributed by atoms with van der Waals surface area (Å²) in [5.74, 6) is -0.424. The molecule has 0 saturated heterocycles. The van der Waals surface area contributed by atoms with E-state index in [0.717, 1.165) is 18.6 Å². The second-order valence-corrected chi connectivity index (χ2v) is 6.41. The molecule has 3 nitrogen and oxygen atoms in total. The summed E-state index contributed by atoms with van der Waals surface area (Å²) in [6.45, 7) is 3.89. The first-order chi connectivity index (χ1) is 9.75. The average Bonchev–Trinajstić information content (AvgIpc) is 2.43. The van der Waals surface area contributed by atoms with Gasteiger partial charge in [-0.1, -0.05) is 25.1 Å². The predicted molar refractivity (Wildman–Crippen MR) is 76.1 cm³/mol. The number of rotatable bonds is 6. The Morgan fingerprint density at radius 2 is 2.05 bits per heavy atom. The second kappa shape index (κ2) is 7.59. The van der Waals surface area contributed by atoms with Gasteiger partial charge in [0.25, 0.3) is 0 Å². The van der Waals surface area contributed by atoms with E-state index in [1.807, 2.05) is 6.92 Å². The highest BCUT2D eigenvalue weighted by molar-refractivity contribution is 7.85. The molecule has 0 aliphatic rings. The number of carbonyl (C=O) groups is 1. The van der Waals surface area contributed by atoms with Gasteiger partial charge in [-0.15, -0.1) is 0 Å². The molecule has 0 aliphatic heterocycles. The zero-order valence-corrected chi connectivity index (χ0v) is 12.7. The van der Waals surface area contributed by atoms with Gasteiger partial charge in [-0.2, -0.15) is 13.2 Å². The summed E-state index contributed by atoms with van der Waals surface area (Å²) in [6, 6.07) is 4.68. The molecule has 2 atom stereocenters. The fourth-order valence-electron chi connectivity index (χ4n) is 1.64. The van der Waals surface area contributed by atoms with Gasteiger partial charge in [0.1, 0.15) is 5.25 Å². The molecule has 0 fully saturated rings. The van der Waals surface area contributed by atoms with E-state index in [1.54, 1.807) is 0 Å². The number of nitrogens with one attached hydrogen (secondary N) is 1. The largest absolute Gasteiger partial charge is 0.416 e. The lowest BCUT2D eigenvalue weighted by Crippen LogP contribution is -2.36. The summed E-state index contributed by atoms with van der Waals surface area (Å²) in [6.07, 6.45) is -3.67. The van der Waals surface area contributed by atoms with E-state index in [1.165, 1.54) is 19.1 Å². The van der Waals surface area contributed by atoms with Gasteiger partial charge in [-0.05, 0) is 25.0 Å². The maximum Gasteiger partial charge on any atom is 0.416 e. The zero-order valence-electron chi connectivity index (χ0n) is 11.9. The molecule has 1 aromatic carbocycles. The fourth-order valence-corrected chi connectivity index (χ4v) is 2.72. The zero-order chi connectivity index (χ0) is 16.0. The third-order valence-electron chi connectivity index (χ3n) is 2.88. The first-order valence-corrected chi connectivity index (χ1v) is 7.95. The topological polar surface area (TPSA) is 46.2 Å². The third-order valence-corrected chi connectivity index (χ3v) is 4.50. The molecule has 2 unspecified atom stereocenters. The molecule has 1 amide bonds. The Labute approximate surface area is 124 Å². The number of carbonyl (C=O) groups excluding carboxylic acids is 1. The average molecular weight is 321 g/mol. The van der Waals surface area contributed by atoms with Crippen molar-refractivity contribution in [2.45, 2.75) is 37.4 Å². The van der Waals surface area contributed by atoms with Crippen molar-refractivity contribution in [1.82, 2.24) is 5.32 Å². The first kappa shape index (κ1) is 17.7. The summed E-state index contributed by atoms with van der Waals surface area (Å²) >= 11 is 0. The van der Waals surface area contributed by atoms with Crippen LogP contribution in [0.25, 0.3) is 0 Å². The van der Waals surface area contributed by atoms with Crippen molar-refractivity contribution in [1.29, 1.82) is 0 Å². The Balaban J connectivity index is 2.73. The van der Waals surface area contributed by atoms with Gasteiger partial charge < -0.3 is 5.32 Å². The molecule has 0 bridgehead atoms. The molecule has 0 heterocycles. The monoisotopic (exact) mass is 321 g/mol. The van der Waals surface area contributed by atoms with Gasteiger partial charge in [0.2, 0.25) is 5.91 Å². The Hall–Kier alpha value is -1.37. The van der Waals surface area contributed by atoms with Crippen LogP contribution in [0.4, 0.5) is 13.2 Å². The van der Waals surface area contributed by atoms with Crippen LogP contribution in [0.5, 0.6) is 0 Å². The SMILES string of the molecule is CCCNC(=O)C(C)S(=O)Cc1cccc(C(F)(F)F)c1. The van der Waals surface area contributed by atoms with E-state index >= 15 is 0 Å². The normalized spacial score (nSPS) is 14.5. The fraction of sp³-hybridized carbons (Fsp3) is 0.500. The van der Waals surface area contributed by atoms with Gasteiger partial charge >= 0.3 is 6.18 Å². The van der Waals surface area contributed by atoms with E-state index in [0.29, 0.717) is 12.1 Å². The molecular weight excluding hydrogens is 303 g/mol. The van der Waals surface area contributed by atoms with Gasteiger partial charge in [0.05, 0.1) is 5.56 Å². The smallest absolute Gasteiger partial charge is 0.355 e. The van der Waals surface area contributed by atoms with Crippen LogP contribution in [0, 0.1) is 0 Å². The van der Waals surface area contributed by atoms with Crippen molar-refractivity contribution < 1.29 is 22.2 Å². The van der Waals surface area contributed by atoms with Crippen LogP contribution in [0.15, 0.2) is 24.3 Å². The van der Waals surface area contributed by atoms with Gasteiger partial charge in [0, 0.05) is 23.1 Å². The molecule has 118 valence electrons. The summed E-state index contributed by atoms with van der Waals surface area (Å²) in [7, 11) is -1.56. The standard InChI is InChI=1S/C14H18F3NO2S/c1-3-7-18-13(19)10(2)21(20)9-11-5-4-6-12(8-11)14(15,16)17/h4-6,8,10H,3,7,9H2,1-2H3,(H,18,19). The van der Waals surface area contributed by atoms with Crippen LogP contribution in [0.1, 0.15) is 31.4 Å². The van der Waals surface area contributed by atoms with Crippen molar-refractivity contribution in [3.63, 3.8) is 0 Å². The minimum atomic E-state index is -4.43. The van der Waals surface area contributed by atoms with Crippen molar-refractivity contribution in [3.8, 4) is 0 Å². The van der Waals surface area contributed by atoms with Crippen molar-refractivity contribution in [2.75, 3.05) is 6.54 Å². The number of benzene rings is 1. The number of hydrogen-bond donors (Lipinski definition) is 1. The molecule has 1 aromatic rings. The maximum atomic E-state index is 12.6. The number of hydrogen-bond acceptors (Lipinski definition) is 2. The highest BCUT2D eigenvalue weighted by atomic mass is 32.2. The number of alkyl halides is 3. The van der Waals surface area contributed by atoms with Crippen molar-refractivity contribution in [2.24, 2.45) is 0 Å². The van der Waals surface area contributed by atoms with E-state index in [2.05, 4.69) is 5.32 Å². The van der Waals surface area contributed by atoms with Gasteiger partial charge in [0.15, 0.2) is 0 Å². The highest BCUT2D eigenvalue weighted by Crippen LogP contribution is 2.29. The maximum absolute atomic E-state index is 12.6. The lowest BCUT2D eigenvalue weighted by atomic mass is 10.1. The van der Waals surface area contributed by atoms with Crippen LogP contribution in [-0.2, 0) is 27.5 Å². The van der Waals surface area contributed by atoms with E-state index in [4.69, 9.17) is 0 Å². The Morgan fingerprint density at radius 1 is 1.38 bits per heavy atom. The minimum absolute atomic E-state index is 0.0787. The number of halogens is 3. The molecule has 7 heteroatoms. The lowest BCUT2D eigenvalue weighted by Gasteiger charge is -2.13. The van der Waals surface area contributed by atoms with Crippen LogP contribution < -0.4 is 5.32 Å². The quantitative estimate of drug-likeness (QED) is 0.876. The highest BCUT2D eigenvalue weighted by Gasteiger charge is 2.30. The van der Waals surface area contributed by atoms with Gasteiger partial charge in [-0.3, -0.25) is 9.00 Å². The molecule has 21 heavy (non-hydrogen) atoms. The lowest BCUT2D eigenvalue weighted by molar-refractivity contribution is -0.137. The number of amides is 1. The molecule has 0 aromatic heterocycles. The summed E-state index contributed by atoms with van der Waals surface area (Å²) in [5.41, 5.74) is -0.474. The molecule has 1 N–H and O–H groups in total. The van der Waals surface area contributed by atoms with Crippen LogP contribution in [0.2, 0.25) is 0 Å². The molecule has 0 aliphatic carbocycles. The van der Waals surface area contributed by atoms with E-state index in [-0.39, 0.29) is 11.7 Å². The van der Waals surface area contributed by atoms with Gasteiger partial charge in [-0.25, -0.2) is 0 Å². The molecule has 0 radical (unpaired) electrons. The van der Waals surface area contributed by atoms with E-state index in [9.17, 15) is 22.2 Å².